The molecular weight excluding hydrogens is 262 g/mol. The number of aliphatic carboxylic acids is 1. The summed E-state index contributed by atoms with van der Waals surface area (Å²) in [6.07, 6.45) is 2.48. The standard InChI is InChI=1S/C12H21N5O3/c1-12(2,3)9-7-17(16-15-9)8(10(18)19)5-4-6-14-11(13)20/h7-8H,4-6H2,1-3H3,(H,18,19)(H3,13,14,20)/t8-/m0/s1. The van der Waals surface area contributed by atoms with Crippen molar-refractivity contribution < 1.29 is 14.7 Å². The number of amides is 2. The minimum atomic E-state index is -0.977. The lowest BCUT2D eigenvalue weighted by Crippen LogP contribution is -2.30. The number of nitrogens with one attached hydrogen (secondary N) is 1. The fourth-order valence-electron chi connectivity index (χ4n) is 1.65. The van der Waals surface area contributed by atoms with Crippen LogP contribution in [0.1, 0.15) is 45.3 Å². The van der Waals surface area contributed by atoms with Crippen LogP contribution in [0.15, 0.2) is 6.20 Å². The quantitative estimate of drug-likeness (QED) is 0.661. The summed E-state index contributed by atoms with van der Waals surface area (Å²) < 4.78 is 1.35. The van der Waals surface area contributed by atoms with Gasteiger partial charge in [0.1, 0.15) is 0 Å². The van der Waals surface area contributed by atoms with E-state index in [0.29, 0.717) is 19.4 Å². The van der Waals surface area contributed by atoms with Crippen LogP contribution in [-0.4, -0.2) is 38.6 Å². The molecule has 0 aliphatic carbocycles. The molecule has 0 aliphatic heterocycles. The van der Waals surface area contributed by atoms with Gasteiger partial charge in [0.15, 0.2) is 6.04 Å². The summed E-state index contributed by atoms with van der Waals surface area (Å²) >= 11 is 0. The Balaban J connectivity index is 2.69. The van der Waals surface area contributed by atoms with E-state index in [1.54, 1.807) is 6.20 Å². The minimum absolute atomic E-state index is 0.186. The van der Waals surface area contributed by atoms with Crippen LogP contribution in [0.5, 0.6) is 0 Å². The molecule has 1 rings (SSSR count). The maximum Gasteiger partial charge on any atom is 0.328 e. The van der Waals surface area contributed by atoms with E-state index >= 15 is 0 Å². The number of carbonyl (C=O) groups is 2. The van der Waals surface area contributed by atoms with E-state index in [1.165, 1.54) is 4.68 Å². The Bertz CT molecular complexity index is 478. The predicted octanol–water partition coefficient (Wildman–Crippen LogP) is 0.650. The summed E-state index contributed by atoms with van der Waals surface area (Å²) in [7, 11) is 0. The normalized spacial score (nSPS) is 12.9. The number of carbonyl (C=O) groups excluding carboxylic acids is 1. The lowest BCUT2D eigenvalue weighted by atomic mass is 9.93. The van der Waals surface area contributed by atoms with E-state index in [4.69, 9.17) is 5.73 Å². The molecule has 4 N–H and O–H groups in total. The van der Waals surface area contributed by atoms with Crippen molar-refractivity contribution >= 4 is 12.0 Å². The minimum Gasteiger partial charge on any atom is -0.480 e. The van der Waals surface area contributed by atoms with Crippen LogP contribution in [0, 0.1) is 0 Å². The maximum atomic E-state index is 11.3. The molecule has 20 heavy (non-hydrogen) atoms. The van der Waals surface area contributed by atoms with Crippen LogP contribution in [0.25, 0.3) is 0 Å². The molecule has 0 saturated carbocycles. The second kappa shape index (κ2) is 6.36. The second-order valence-corrected chi connectivity index (χ2v) is 5.62. The summed E-state index contributed by atoms with van der Waals surface area (Å²) in [5, 5.41) is 19.6. The number of primary amides is 1. The molecule has 0 spiro atoms. The van der Waals surface area contributed by atoms with Gasteiger partial charge in [-0.3, -0.25) is 0 Å². The van der Waals surface area contributed by atoms with Gasteiger partial charge >= 0.3 is 12.0 Å². The summed E-state index contributed by atoms with van der Waals surface area (Å²) in [5.74, 6) is -0.977. The van der Waals surface area contributed by atoms with Gasteiger partial charge < -0.3 is 16.2 Å². The largest absolute Gasteiger partial charge is 0.480 e. The highest BCUT2D eigenvalue weighted by Crippen LogP contribution is 2.21. The fourth-order valence-corrected chi connectivity index (χ4v) is 1.65. The summed E-state index contributed by atoms with van der Waals surface area (Å²) in [6.45, 7) is 6.27. The number of carboxylic acid groups (broad SMARTS) is 1. The molecule has 1 atom stereocenters. The Kier molecular flexibility index (Phi) is 5.06. The number of nitrogens with zero attached hydrogens (tertiary/aromatic N) is 3. The number of hydrogen-bond acceptors (Lipinski definition) is 4. The molecule has 0 aliphatic rings. The Labute approximate surface area is 117 Å². The van der Waals surface area contributed by atoms with Crippen molar-refractivity contribution in [2.75, 3.05) is 6.54 Å². The molecule has 0 saturated heterocycles. The molecule has 112 valence electrons. The first-order valence-corrected chi connectivity index (χ1v) is 6.40. The van der Waals surface area contributed by atoms with Crippen LogP contribution < -0.4 is 11.1 Å². The monoisotopic (exact) mass is 283 g/mol. The van der Waals surface area contributed by atoms with Crippen LogP contribution in [0.2, 0.25) is 0 Å². The van der Waals surface area contributed by atoms with Gasteiger partial charge in [-0.15, -0.1) is 5.10 Å². The van der Waals surface area contributed by atoms with Gasteiger partial charge in [-0.25, -0.2) is 14.3 Å². The Hall–Kier alpha value is -2.12. The molecule has 0 unspecified atom stereocenters. The smallest absolute Gasteiger partial charge is 0.328 e. The van der Waals surface area contributed by atoms with Crippen molar-refractivity contribution in [3.63, 3.8) is 0 Å². The van der Waals surface area contributed by atoms with Crippen molar-refractivity contribution in [2.24, 2.45) is 5.73 Å². The number of urea groups is 1. The van der Waals surface area contributed by atoms with E-state index in [0.717, 1.165) is 5.69 Å². The molecule has 2 amide bonds. The van der Waals surface area contributed by atoms with E-state index < -0.39 is 18.0 Å². The van der Waals surface area contributed by atoms with Gasteiger partial charge in [0, 0.05) is 18.2 Å². The number of aromatic nitrogens is 3. The van der Waals surface area contributed by atoms with Gasteiger partial charge in [0.25, 0.3) is 0 Å². The zero-order valence-electron chi connectivity index (χ0n) is 12.0. The molecule has 1 heterocycles. The first-order chi connectivity index (χ1) is 9.21. The molecule has 0 aromatic carbocycles. The lowest BCUT2D eigenvalue weighted by Gasteiger charge is -2.14. The van der Waals surface area contributed by atoms with Gasteiger partial charge in [0.05, 0.1) is 5.69 Å². The van der Waals surface area contributed by atoms with Crippen LogP contribution in [0.3, 0.4) is 0 Å². The predicted molar refractivity (Wildman–Crippen MR) is 72.2 cm³/mol. The molecule has 1 aromatic rings. The lowest BCUT2D eigenvalue weighted by molar-refractivity contribution is -0.141. The Morgan fingerprint density at radius 1 is 1.50 bits per heavy atom. The highest BCUT2D eigenvalue weighted by atomic mass is 16.4. The highest BCUT2D eigenvalue weighted by molar-refractivity contribution is 5.72. The molecule has 8 nitrogen and oxygen atoms in total. The number of hydrogen-bond donors (Lipinski definition) is 3. The number of rotatable bonds is 6. The topological polar surface area (TPSA) is 123 Å². The molecular formula is C12H21N5O3. The van der Waals surface area contributed by atoms with Crippen LogP contribution in [-0.2, 0) is 10.2 Å². The van der Waals surface area contributed by atoms with E-state index in [9.17, 15) is 14.7 Å². The third-order valence-corrected chi connectivity index (χ3v) is 2.84. The molecule has 0 bridgehead atoms. The third-order valence-electron chi connectivity index (χ3n) is 2.84. The van der Waals surface area contributed by atoms with Crippen molar-refractivity contribution in [1.82, 2.24) is 20.3 Å². The Morgan fingerprint density at radius 2 is 2.15 bits per heavy atom. The SMILES string of the molecule is CC(C)(C)c1cn([C@@H](CCCNC(N)=O)C(=O)O)nn1. The molecule has 0 radical (unpaired) electrons. The average molecular weight is 283 g/mol. The van der Waals surface area contributed by atoms with E-state index in [-0.39, 0.29) is 5.41 Å². The first kappa shape index (κ1) is 15.9. The van der Waals surface area contributed by atoms with Crippen molar-refractivity contribution in [2.45, 2.75) is 45.1 Å². The van der Waals surface area contributed by atoms with Crippen LogP contribution >= 0.6 is 0 Å². The molecule has 1 aromatic heterocycles. The first-order valence-electron chi connectivity index (χ1n) is 6.40. The van der Waals surface area contributed by atoms with Gasteiger partial charge in [-0.05, 0) is 12.8 Å². The van der Waals surface area contributed by atoms with Gasteiger partial charge in [0.2, 0.25) is 0 Å². The second-order valence-electron chi connectivity index (χ2n) is 5.62. The fraction of sp³-hybridized carbons (Fsp3) is 0.667. The average Bonchev–Trinajstić information content (AvgIpc) is 2.76. The highest BCUT2D eigenvalue weighted by Gasteiger charge is 2.24. The summed E-state index contributed by atoms with van der Waals surface area (Å²) in [4.78, 5) is 21.8. The van der Waals surface area contributed by atoms with Crippen LogP contribution in [0.4, 0.5) is 4.79 Å². The zero-order chi connectivity index (χ0) is 15.3. The van der Waals surface area contributed by atoms with Crippen molar-refractivity contribution in [3.05, 3.63) is 11.9 Å². The van der Waals surface area contributed by atoms with Gasteiger partial charge in [-0.2, -0.15) is 0 Å². The number of carboxylic acids is 1. The Morgan fingerprint density at radius 3 is 2.60 bits per heavy atom. The van der Waals surface area contributed by atoms with Gasteiger partial charge in [-0.1, -0.05) is 26.0 Å². The van der Waals surface area contributed by atoms with E-state index in [2.05, 4.69) is 15.6 Å². The summed E-state index contributed by atoms with van der Waals surface area (Å²) in [5.41, 5.74) is 5.49. The maximum absolute atomic E-state index is 11.3. The third kappa shape index (κ3) is 4.52. The van der Waals surface area contributed by atoms with Crippen molar-refractivity contribution in [1.29, 1.82) is 0 Å². The molecule has 8 heteroatoms. The van der Waals surface area contributed by atoms with Crippen molar-refractivity contribution in [3.8, 4) is 0 Å². The number of nitrogens with two attached hydrogens (primary N) is 1. The molecule has 0 fully saturated rings. The zero-order valence-corrected chi connectivity index (χ0v) is 12.0. The van der Waals surface area contributed by atoms with E-state index in [1.807, 2.05) is 20.8 Å². The summed E-state index contributed by atoms with van der Waals surface area (Å²) in [6, 6.07) is -1.42.